The fourth-order valence-electron chi connectivity index (χ4n) is 3.18. The molecule has 4 rings (SSSR count). The number of para-hydroxylation sites is 2. The monoisotopic (exact) mass is 282 g/mol. The van der Waals surface area contributed by atoms with Crippen molar-refractivity contribution in [2.45, 2.75) is 28.7 Å². The summed E-state index contributed by atoms with van der Waals surface area (Å²) in [5.41, 5.74) is 2.73. The highest BCUT2D eigenvalue weighted by Gasteiger charge is 2.29. The molecule has 2 aliphatic rings. The third-order valence-electron chi connectivity index (χ3n) is 4.11. The minimum absolute atomic E-state index is 0.562. The topological polar surface area (TPSA) is 15.3 Å². The predicted octanol–water partition coefficient (Wildman–Crippen LogP) is 4.04. The summed E-state index contributed by atoms with van der Waals surface area (Å²) in [4.78, 5) is 5.29. The number of hydrogen-bond acceptors (Lipinski definition) is 3. The van der Waals surface area contributed by atoms with Gasteiger partial charge in [0.25, 0.3) is 0 Å². The number of fused-ring (bicyclic) bond motifs is 2. The Kier molecular flexibility index (Phi) is 3.17. The van der Waals surface area contributed by atoms with E-state index in [0.29, 0.717) is 6.04 Å². The van der Waals surface area contributed by atoms with Gasteiger partial charge in [-0.05, 0) is 43.7 Å². The zero-order valence-corrected chi connectivity index (χ0v) is 12.2. The summed E-state index contributed by atoms with van der Waals surface area (Å²) in [6.07, 6.45) is 2.53. The van der Waals surface area contributed by atoms with Crippen molar-refractivity contribution in [3.8, 4) is 0 Å². The van der Waals surface area contributed by atoms with E-state index in [-0.39, 0.29) is 0 Å². The van der Waals surface area contributed by atoms with Crippen molar-refractivity contribution in [3.05, 3.63) is 48.5 Å². The van der Waals surface area contributed by atoms with Gasteiger partial charge in [0.1, 0.15) is 0 Å². The van der Waals surface area contributed by atoms with Crippen molar-refractivity contribution >= 4 is 23.1 Å². The lowest BCUT2D eigenvalue weighted by Gasteiger charge is -2.40. The maximum Gasteiger partial charge on any atom is 0.0555 e. The average Bonchev–Trinajstić information content (AvgIpc) is 2.53. The second-order valence-corrected chi connectivity index (χ2v) is 6.49. The van der Waals surface area contributed by atoms with Gasteiger partial charge in [-0.1, -0.05) is 36.0 Å². The van der Waals surface area contributed by atoms with Crippen molar-refractivity contribution in [1.82, 2.24) is 5.32 Å². The second kappa shape index (κ2) is 5.15. The van der Waals surface area contributed by atoms with Crippen LogP contribution in [-0.4, -0.2) is 19.1 Å². The molecule has 2 heterocycles. The molecule has 1 atom stereocenters. The molecule has 2 aliphatic heterocycles. The first kappa shape index (κ1) is 12.3. The Morgan fingerprint density at radius 3 is 2.20 bits per heavy atom. The molecule has 1 fully saturated rings. The zero-order chi connectivity index (χ0) is 13.4. The molecule has 0 radical (unpaired) electrons. The van der Waals surface area contributed by atoms with Gasteiger partial charge in [0.2, 0.25) is 0 Å². The molecule has 0 aromatic heterocycles. The molecule has 2 aromatic carbocycles. The van der Waals surface area contributed by atoms with Gasteiger partial charge < -0.3 is 10.2 Å². The van der Waals surface area contributed by atoms with Gasteiger partial charge in [-0.15, -0.1) is 0 Å². The molecule has 20 heavy (non-hydrogen) atoms. The predicted molar refractivity (Wildman–Crippen MR) is 85.0 cm³/mol. The van der Waals surface area contributed by atoms with Crippen molar-refractivity contribution in [3.63, 3.8) is 0 Å². The van der Waals surface area contributed by atoms with E-state index in [4.69, 9.17) is 0 Å². The second-order valence-electron chi connectivity index (χ2n) is 5.41. The van der Waals surface area contributed by atoms with Crippen LogP contribution in [0.25, 0.3) is 0 Å². The summed E-state index contributed by atoms with van der Waals surface area (Å²) in [6.45, 7) is 2.23. The maximum absolute atomic E-state index is 3.55. The third-order valence-corrected chi connectivity index (χ3v) is 5.24. The number of nitrogens with zero attached hydrogens (tertiary/aromatic N) is 1. The molecule has 2 aromatic rings. The van der Waals surface area contributed by atoms with Gasteiger partial charge in [-0.3, -0.25) is 0 Å². The summed E-state index contributed by atoms with van der Waals surface area (Å²) < 4.78 is 0. The van der Waals surface area contributed by atoms with Crippen LogP contribution in [0.15, 0.2) is 58.3 Å². The summed E-state index contributed by atoms with van der Waals surface area (Å²) in [7, 11) is 0. The molecule has 1 N–H and O–H groups in total. The molecular formula is C17H18N2S. The summed E-state index contributed by atoms with van der Waals surface area (Å²) >= 11 is 1.89. The summed E-state index contributed by atoms with van der Waals surface area (Å²) in [5.74, 6) is 0. The first-order chi connectivity index (χ1) is 9.93. The minimum Gasteiger partial charge on any atom is -0.335 e. The molecule has 1 saturated heterocycles. The van der Waals surface area contributed by atoms with Crippen LogP contribution in [0, 0.1) is 0 Å². The van der Waals surface area contributed by atoms with Crippen LogP contribution >= 0.6 is 11.8 Å². The Morgan fingerprint density at radius 2 is 1.60 bits per heavy atom. The average molecular weight is 282 g/mol. The number of benzene rings is 2. The lowest BCUT2D eigenvalue weighted by Crippen LogP contribution is -2.44. The van der Waals surface area contributed by atoms with Crippen molar-refractivity contribution in [1.29, 1.82) is 0 Å². The quantitative estimate of drug-likeness (QED) is 0.849. The molecular weight excluding hydrogens is 264 g/mol. The Labute approximate surface area is 124 Å². The highest BCUT2D eigenvalue weighted by atomic mass is 32.2. The number of piperidine rings is 1. The standard InChI is InChI=1S/C17H18N2S/c1-3-9-16-14(7-1)19(13-6-5-11-18-12-13)15-8-2-4-10-17(15)20-16/h1-4,7-10,13,18H,5-6,11-12H2. The molecule has 0 spiro atoms. The first-order valence-corrected chi connectivity index (χ1v) is 8.11. The molecule has 2 nitrogen and oxygen atoms in total. The smallest absolute Gasteiger partial charge is 0.0555 e. The van der Waals surface area contributed by atoms with Crippen molar-refractivity contribution in [2.75, 3.05) is 18.0 Å². The molecule has 0 amide bonds. The van der Waals surface area contributed by atoms with Crippen LogP contribution in [0.2, 0.25) is 0 Å². The van der Waals surface area contributed by atoms with Crippen LogP contribution in [0.5, 0.6) is 0 Å². The molecule has 3 heteroatoms. The van der Waals surface area contributed by atoms with E-state index in [1.54, 1.807) is 0 Å². The zero-order valence-electron chi connectivity index (χ0n) is 11.4. The van der Waals surface area contributed by atoms with Crippen LogP contribution in [0.1, 0.15) is 12.8 Å². The van der Waals surface area contributed by atoms with Crippen LogP contribution in [0.3, 0.4) is 0 Å². The molecule has 0 bridgehead atoms. The molecule has 102 valence electrons. The highest BCUT2D eigenvalue weighted by Crippen LogP contribution is 2.49. The number of rotatable bonds is 1. The summed E-state index contributed by atoms with van der Waals surface area (Å²) in [5, 5.41) is 3.55. The van der Waals surface area contributed by atoms with Crippen molar-refractivity contribution < 1.29 is 0 Å². The van der Waals surface area contributed by atoms with E-state index in [1.807, 2.05) is 11.8 Å². The van der Waals surface area contributed by atoms with E-state index in [1.165, 1.54) is 34.0 Å². The van der Waals surface area contributed by atoms with E-state index >= 15 is 0 Å². The Morgan fingerprint density at radius 1 is 0.950 bits per heavy atom. The van der Waals surface area contributed by atoms with Crippen LogP contribution in [-0.2, 0) is 0 Å². The van der Waals surface area contributed by atoms with E-state index in [0.717, 1.165) is 13.1 Å². The van der Waals surface area contributed by atoms with Crippen LogP contribution < -0.4 is 10.2 Å². The largest absolute Gasteiger partial charge is 0.335 e. The Bertz CT molecular complexity index is 574. The first-order valence-electron chi connectivity index (χ1n) is 7.29. The van der Waals surface area contributed by atoms with Gasteiger partial charge >= 0.3 is 0 Å². The lowest BCUT2D eigenvalue weighted by atomic mass is 10.0. The van der Waals surface area contributed by atoms with E-state index in [9.17, 15) is 0 Å². The molecule has 1 unspecified atom stereocenters. The molecule has 0 saturated carbocycles. The van der Waals surface area contributed by atoms with Gasteiger partial charge in [0.15, 0.2) is 0 Å². The normalized spacial score (nSPS) is 21.2. The number of nitrogens with one attached hydrogen (secondary N) is 1. The number of anilines is 2. The maximum atomic E-state index is 3.55. The fraction of sp³-hybridized carbons (Fsp3) is 0.294. The van der Waals surface area contributed by atoms with E-state index < -0.39 is 0 Å². The third kappa shape index (κ3) is 2.02. The SMILES string of the molecule is c1ccc2c(c1)Sc1ccccc1N2C1CCCNC1. The lowest BCUT2D eigenvalue weighted by molar-refractivity contribution is 0.451. The Balaban J connectivity index is 1.83. The summed E-state index contributed by atoms with van der Waals surface area (Å²) in [6, 6.07) is 18.1. The van der Waals surface area contributed by atoms with Crippen molar-refractivity contribution in [2.24, 2.45) is 0 Å². The Hall–Kier alpha value is -1.45. The van der Waals surface area contributed by atoms with E-state index in [2.05, 4.69) is 58.7 Å². The minimum atomic E-state index is 0.562. The molecule has 0 aliphatic carbocycles. The van der Waals surface area contributed by atoms with Crippen LogP contribution in [0.4, 0.5) is 11.4 Å². The van der Waals surface area contributed by atoms with Gasteiger partial charge in [-0.2, -0.15) is 0 Å². The van der Waals surface area contributed by atoms with Gasteiger partial charge in [-0.25, -0.2) is 0 Å². The highest BCUT2D eigenvalue weighted by molar-refractivity contribution is 7.99. The van der Waals surface area contributed by atoms with Gasteiger partial charge in [0.05, 0.1) is 11.4 Å². The fourth-order valence-corrected chi connectivity index (χ4v) is 4.25. The number of hydrogen-bond donors (Lipinski definition) is 1. The van der Waals surface area contributed by atoms with Gasteiger partial charge in [0, 0.05) is 22.4 Å².